The molecule has 2 aromatic heterocycles. The molecule has 0 saturated heterocycles. The lowest BCUT2D eigenvalue weighted by atomic mass is 9.91. The summed E-state index contributed by atoms with van der Waals surface area (Å²) in [4.78, 5) is 11.0. The van der Waals surface area contributed by atoms with E-state index in [9.17, 15) is 0 Å². The average molecular weight is 601 g/mol. The first-order valence-electron chi connectivity index (χ1n) is 15.7. The fraction of sp³-hybridized carbons (Fsp3) is 0. The predicted octanol–water partition coefficient (Wildman–Crippen LogP) is 12.1. The maximum Gasteiger partial charge on any atom is 0.143 e. The Kier molecular flexibility index (Phi) is 6.12. The molecule has 2 heterocycles. The van der Waals surface area contributed by atoms with E-state index in [4.69, 9.17) is 14.4 Å². The number of hydrogen-bond acceptors (Lipinski definition) is 3. The molecule has 0 radical (unpaired) electrons. The number of fused-ring (bicyclic) bond motifs is 8. The molecule has 0 unspecified atom stereocenters. The van der Waals surface area contributed by atoms with Gasteiger partial charge < -0.3 is 4.42 Å². The number of benzene rings is 7. The van der Waals surface area contributed by atoms with E-state index < -0.39 is 0 Å². The van der Waals surface area contributed by atoms with Crippen LogP contribution in [0.2, 0.25) is 0 Å². The second-order valence-corrected chi connectivity index (χ2v) is 11.8. The summed E-state index contributed by atoms with van der Waals surface area (Å²) < 4.78 is 6.68. The smallest absolute Gasteiger partial charge is 0.143 e. The molecule has 9 rings (SSSR count). The van der Waals surface area contributed by atoms with Crippen molar-refractivity contribution >= 4 is 66.7 Å². The molecule has 220 valence electrons. The second-order valence-electron chi connectivity index (χ2n) is 11.8. The molecule has 0 spiro atoms. The van der Waals surface area contributed by atoms with Crippen LogP contribution < -0.4 is 0 Å². The van der Waals surface area contributed by atoms with Crippen LogP contribution in [-0.4, -0.2) is 9.97 Å². The highest BCUT2D eigenvalue weighted by atomic mass is 16.3. The van der Waals surface area contributed by atoms with Gasteiger partial charge in [-0.2, -0.15) is 0 Å². The van der Waals surface area contributed by atoms with E-state index >= 15 is 0 Å². The number of para-hydroxylation sites is 1. The van der Waals surface area contributed by atoms with Gasteiger partial charge in [0, 0.05) is 38.4 Å². The number of hydrogen-bond donors (Lipinski definition) is 0. The summed E-state index contributed by atoms with van der Waals surface area (Å²) in [5.74, 6) is 0. The summed E-state index contributed by atoms with van der Waals surface area (Å²) in [5, 5.41) is 6.65. The molecule has 0 aliphatic carbocycles. The summed E-state index contributed by atoms with van der Waals surface area (Å²) in [6.45, 7) is 8.32. The molecule has 0 aliphatic heterocycles. The van der Waals surface area contributed by atoms with E-state index in [-0.39, 0.29) is 0 Å². The highest BCUT2D eigenvalue weighted by molar-refractivity contribution is 6.23. The van der Waals surface area contributed by atoms with Crippen LogP contribution in [-0.2, 0) is 0 Å². The van der Waals surface area contributed by atoms with E-state index in [0.29, 0.717) is 0 Å². The number of aromatic nitrogens is 2. The molecule has 3 nitrogen and oxygen atoms in total. The van der Waals surface area contributed by atoms with Gasteiger partial charge in [0.05, 0.1) is 22.4 Å². The van der Waals surface area contributed by atoms with Crippen molar-refractivity contribution in [2.75, 3.05) is 0 Å². The van der Waals surface area contributed by atoms with Crippen molar-refractivity contribution in [2.24, 2.45) is 0 Å². The largest absolute Gasteiger partial charge is 0.455 e. The first kappa shape index (κ1) is 27.0. The zero-order chi connectivity index (χ0) is 31.5. The topological polar surface area (TPSA) is 38.9 Å². The van der Waals surface area contributed by atoms with Crippen molar-refractivity contribution in [1.29, 1.82) is 0 Å². The maximum atomic E-state index is 6.68. The third-order valence-corrected chi connectivity index (χ3v) is 9.21. The Morgan fingerprint density at radius 1 is 0.489 bits per heavy atom. The van der Waals surface area contributed by atoms with E-state index in [0.717, 1.165) is 93.9 Å². The zero-order valence-electron chi connectivity index (χ0n) is 25.6. The molecule has 47 heavy (non-hydrogen) atoms. The molecular weight excluding hydrogens is 572 g/mol. The van der Waals surface area contributed by atoms with Gasteiger partial charge in [0.15, 0.2) is 0 Å². The monoisotopic (exact) mass is 600 g/mol. The maximum absolute atomic E-state index is 6.68. The Morgan fingerprint density at radius 3 is 1.89 bits per heavy atom. The number of nitrogens with zero attached hydrogens (tertiary/aromatic N) is 2. The van der Waals surface area contributed by atoms with Crippen LogP contribution in [0.4, 0.5) is 0 Å². The molecular formula is C44H28N2O. The van der Waals surface area contributed by atoms with Gasteiger partial charge in [-0.3, -0.25) is 0 Å². The van der Waals surface area contributed by atoms with E-state index in [2.05, 4.69) is 110 Å². The molecule has 0 amide bonds. The summed E-state index contributed by atoms with van der Waals surface area (Å²) in [6, 6.07) is 46.2. The molecule has 0 aliphatic rings. The van der Waals surface area contributed by atoms with Crippen molar-refractivity contribution < 1.29 is 4.42 Å². The van der Waals surface area contributed by atoms with Gasteiger partial charge in [0.1, 0.15) is 11.2 Å². The van der Waals surface area contributed by atoms with E-state index in [1.807, 2.05) is 48.6 Å². The lowest BCUT2D eigenvalue weighted by Gasteiger charge is -2.18. The fourth-order valence-corrected chi connectivity index (χ4v) is 7.12. The minimum absolute atomic E-state index is 0.805. The first-order chi connectivity index (χ1) is 23.2. The third-order valence-electron chi connectivity index (χ3n) is 9.21. The second kappa shape index (κ2) is 10.6. The van der Waals surface area contributed by atoms with Crippen LogP contribution in [0, 0.1) is 0 Å². The predicted molar refractivity (Wildman–Crippen MR) is 198 cm³/mol. The average Bonchev–Trinajstić information content (AvgIpc) is 3.54. The van der Waals surface area contributed by atoms with Crippen LogP contribution in [0.5, 0.6) is 0 Å². The summed E-state index contributed by atoms with van der Waals surface area (Å²) in [5.41, 5.74) is 10.9. The van der Waals surface area contributed by atoms with Gasteiger partial charge >= 0.3 is 0 Å². The molecule has 0 N–H and O–H groups in total. The van der Waals surface area contributed by atoms with Crippen LogP contribution in [0.25, 0.3) is 100 Å². The van der Waals surface area contributed by atoms with Gasteiger partial charge in [-0.25, -0.2) is 9.97 Å². The normalized spacial score (nSPS) is 11.6. The van der Waals surface area contributed by atoms with Crippen molar-refractivity contribution in [3.8, 4) is 33.6 Å². The summed E-state index contributed by atoms with van der Waals surface area (Å²) in [6.07, 6.45) is 3.76. The summed E-state index contributed by atoms with van der Waals surface area (Å²) >= 11 is 0. The number of rotatable bonds is 5. The molecule has 0 saturated carbocycles. The van der Waals surface area contributed by atoms with Gasteiger partial charge in [0.25, 0.3) is 0 Å². The highest BCUT2D eigenvalue weighted by Gasteiger charge is 2.23. The Balaban J connectivity index is 1.43. The fourth-order valence-electron chi connectivity index (χ4n) is 7.12. The van der Waals surface area contributed by atoms with E-state index in [1.54, 1.807) is 0 Å². The van der Waals surface area contributed by atoms with Crippen LogP contribution >= 0.6 is 0 Å². The molecule has 0 bridgehead atoms. The quantitative estimate of drug-likeness (QED) is 0.185. The van der Waals surface area contributed by atoms with Crippen molar-refractivity contribution in [3.63, 3.8) is 0 Å². The standard InChI is InChI=1S/C44H28N2O/c1-3-29-30(4-2)41-43(34-22-12-10-20-32(29)34)46-42(40(45-41)27-16-6-5-7-17-27)35-23-13-11-21-33(35)37-26-28-18-8-9-19-31(28)39-36-24-14-15-25-38(36)47-44(37)39/h3-26H,1-2H2. The van der Waals surface area contributed by atoms with Crippen molar-refractivity contribution in [2.45, 2.75) is 0 Å². The van der Waals surface area contributed by atoms with Gasteiger partial charge in [0.2, 0.25) is 0 Å². The SMILES string of the molecule is C=Cc1c(C=C)c2nc(-c3ccccc3)c(-c3ccccc3-c3cc4ccccc4c4c3oc3ccccc34)nc2c2ccccc12. The molecule has 0 atom stereocenters. The van der Waals surface area contributed by atoms with Gasteiger partial charge in [-0.1, -0.05) is 147 Å². The van der Waals surface area contributed by atoms with Crippen LogP contribution in [0.1, 0.15) is 11.1 Å². The minimum atomic E-state index is 0.805. The molecule has 9 aromatic rings. The lowest BCUT2D eigenvalue weighted by Crippen LogP contribution is -2.00. The van der Waals surface area contributed by atoms with Crippen LogP contribution in [0.3, 0.4) is 0 Å². The highest BCUT2D eigenvalue weighted by Crippen LogP contribution is 2.45. The zero-order valence-corrected chi connectivity index (χ0v) is 25.6. The Bertz CT molecular complexity index is 2720. The Morgan fingerprint density at radius 2 is 1.11 bits per heavy atom. The minimum Gasteiger partial charge on any atom is -0.455 e. The van der Waals surface area contributed by atoms with Crippen molar-refractivity contribution in [3.05, 3.63) is 158 Å². The van der Waals surface area contributed by atoms with Crippen molar-refractivity contribution in [1.82, 2.24) is 9.97 Å². The number of furan rings is 1. The Labute approximate surface area is 271 Å². The van der Waals surface area contributed by atoms with Gasteiger partial charge in [-0.05, 0) is 39.4 Å². The Hall–Kier alpha value is -6.32. The molecule has 7 aromatic carbocycles. The van der Waals surface area contributed by atoms with Crippen LogP contribution in [0.15, 0.2) is 151 Å². The van der Waals surface area contributed by atoms with Gasteiger partial charge in [-0.15, -0.1) is 0 Å². The van der Waals surface area contributed by atoms with E-state index in [1.165, 1.54) is 5.39 Å². The summed E-state index contributed by atoms with van der Waals surface area (Å²) in [7, 11) is 0. The molecule has 3 heteroatoms. The lowest BCUT2D eigenvalue weighted by molar-refractivity contribution is 0.670. The third kappa shape index (κ3) is 4.07. The first-order valence-corrected chi connectivity index (χ1v) is 15.7. The molecule has 0 fully saturated rings.